The molecule has 3 unspecified atom stereocenters. The molecule has 4 aliphatic heterocycles. The lowest BCUT2D eigenvalue weighted by atomic mass is 9.83. The summed E-state index contributed by atoms with van der Waals surface area (Å²) in [5.74, 6) is 2.59. The number of piperidine rings is 1. The van der Waals surface area contributed by atoms with E-state index >= 15 is 0 Å². The minimum Gasteiger partial charge on any atom is -0.375 e. The molecule has 0 aromatic heterocycles. The molecule has 2 bridgehead atoms. The van der Waals surface area contributed by atoms with E-state index in [0.29, 0.717) is 6.04 Å². The zero-order valence-electron chi connectivity index (χ0n) is 12.4. The Labute approximate surface area is 127 Å². The van der Waals surface area contributed by atoms with Gasteiger partial charge in [0.2, 0.25) is 0 Å². The fourth-order valence-corrected chi connectivity index (χ4v) is 6.44. The van der Waals surface area contributed by atoms with Gasteiger partial charge in [0.1, 0.15) is 0 Å². The first-order valence-electron chi connectivity index (χ1n) is 8.50. The van der Waals surface area contributed by atoms with Crippen LogP contribution in [-0.2, 0) is 4.74 Å². The van der Waals surface area contributed by atoms with E-state index in [1.54, 1.807) is 0 Å². The summed E-state index contributed by atoms with van der Waals surface area (Å²) in [5, 5.41) is 0. The summed E-state index contributed by atoms with van der Waals surface area (Å²) in [6, 6.07) is 2.80. The van der Waals surface area contributed by atoms with E-state index in [2.05, 4.69) is 16.7 Å². The summed E-state index contributed by atoms with van der Waals surface area (Å²) < 4.78 is 6.27. The minimum atomic E-state index is 0.229. The van der Waals surface area contributed by atoms with Gasteiger partial charge in [-0.3, -0.25) is 4.90 Å². The highest BCUT2D eigenvalue weighted by molar-refractivity contribution is 7.99. The number of fused-ring (bicyclic) bond motifs is 2. The van der Waals surface area contributed by atoms with Gasteiger partial charge in [-0.25, -0.2) is 0 Å². The number of thioether (sulfide) groups is 1. The molecule has 0 amide bonds. The van der Waals surface area contributed by atoms with Crippen LogP contribution in [0.5, 0.6) is 0 Å². The first kappa shape index (κ1) is 13.9. The van der Waals surface area contributed by atoms with Crippen LogP contribution in [0.2, 0.25) is 0 Å². The van der Waals surface area contributed by atoms with Gasteiger partial charge >= 0.3 is 0 Å². The molecule has 20 heavy (non-hydrogen) atoms. The van der Waals surface area contributed by atoms with E-state index in [1.807, 2.05) is 0 Å². The van der Waals surface area contributed by atoms with Gasteiger partial charge < -0.3 is 10.5 Å². The van der Waals surface area contributed by atoms with Crippen molar-refractivity contribution in [2.75, 3.05) is 18.1 Å². The number of ether oxygens (including phenoxy) is 1. The van der Waals surface area contributed by atoms with Crippen LogP contribution in [0.4, 0.5) is 0 Å². The lowest BCUT2D eigenvalue weighted by Crippen LogP contribution is -2.57. The molecule has 4 fully saturated rings. The molecule has 3 nitrogen and oxygen atoms in total. The Morgan fingerprint density at radius 1 is 1.00 bits per heavy atom. The number of hydrogen-bond acceptors (Lipinski definition) is 4. The Balaban J connectivity index is 1.48. The molecule has 4 rings (SSSR count). The predicted molar refractivity (Wildman–Crippen MR) is 84.1 cm³/mol. The highest BCUT2D eigenvalue weighted by Gasteiger charge is 2.47. The van der Waals surface area contributed by atoms with E-state index in [9.17, 15) is 0 Å². The Hall–Kier alpha value is 0.230. The predicted octanol–water partition coefficient (Wildman–Crippen LogP) is 2.39. The SMILES string of the molecule is NC1CC2CCC(C1)N2C1CCOC2(CCSCC2)C1. The molecule has 3 atom stereocenters. The Kier molecular flexibility index (Phi) is 3.78. The van der Waals surface area contributed by atoms with Crippen LogP contribution in [0.15, 0.2) is 0 Å². The lowest BCUT2D eigenvalue weighted by molar-refractivity contribution is -0.119. The molecular weight excluding hydrogens is 268 g/mol. The van der Waals surface area contributed by atoms with E-state index in [0.717, 1.165) is 24.7 Å². The van der Waals surface area contributed by atoms with Crippen molar-refractivity contribution in [3.05, 3.63) is 0 Å². The molecule has 114 valence electrons. The summed E-state index contributed by atoms with van der Waals surface area (Å²) in [6.45, 7) is 0.983. The molecule has 0 aliphatic carbocycles. The molecule has 0 saturated carbocycles. The Morgan fingerprint density at radius 2 is 1.70 bits per heavy atom. The monoisotopic (exact) mass is 296 g/mol. The molecule has 0 aromatic carbocycles. The van der Waals surface area contributed by atoms with Gasteiger partial charge in [-0.05, 0) is 62.9 Å². The third-order valence-corrected chi connectivity index (χ3v) is 7.10. The maximum atomic E-state index is 6.27. The molecule has 4 heterocycles. The number of nitrogens with two attached hydrogens (primary N) is 1. The summed E-state index contributed by atoms with van der Waals surface area (Å²) in [6.07, 6.45) is 10.3. The third kappa shape index (κ3) is 2.43. The molecule has 2 N–H and O–H groups in total. The molecule has 1 spiro atoms. The van der Waals surface area contributed by atoms with Gasteiger partial charge in [0.25, 0.3) is 0 Å². The topological polar surface area (TPSA) is 38.5 Å². The van der Waals surface area contributed by atoms with Crippen molar-refractivity contribution in [1.82, 2.24) is 4.90 Å². The van der Waals surface area contributed by atoms with Crippen molar-refractivity contribution in [3.63, 3.8) is 0 Å². The second-order valence-corrected chi connectivity index (χ2v) is 8.58. The van der Waals surface area contributed by atoms with Crippen molar-refractivity contribution >= 4 is 11.8 Å². The van der Waals surface area contributed by atoms with Crippen LogP contribution >= 0.6 is 11.8 Å². The lowest BCUT2D eigenvalue weighted by Gasteiger charge is -2.50. The van der Waals surface area contributed by atoms with Crippen LogP contribution in [0, 0.1) is 0 Å². The first-order chi connectivity index (χ1) is 9.76. The minimum absolute atomic E-state index is 0.229. The number of nitrogens with zero attached hydrogens (tertiary/aromatic N) is 1. The fraction of sp³-hybridized carbons (Fsp3) is 1.00. The number of rotatable bonds is 1. The van der Waals surface area contributed by atoms with Crippen LogP contribution < -0.4 is 5.73 Å². The van der Waals surface area contributed by atoms with Crippen LogP contribution in [0.1, 0.15) is 51.4 Å². The van der Waals surface area contributed by atoms with Crippen molar-refractivity contribution in [2.24, 2.45) is 5.73 Å². The summed E-state index contributed by atoms with van der Waals surface area (Å²) in [5.41, 5.74) is 6.46. The smallest absolute Gasteiger partial charge is 0.0713 e. The van der Waals surface area contributed by atoms with Crippen molar-refractivity contribution in [1.29, 1.82) is 0 Å². The highest BCUT2D eigenvalue weighted by atomic mass is 32.2. The highest BCUT2D eigenvalue weighted by Crippen LogP contribution is 2.44. The summed E-state index contributed by atoms with van der Waals surface area (Å²) in [4.78, 5) is 2.88. The van der Waals surface area contributed by atoms with Gasteiger partial charge in [-0.1, -0.05) is 0 Å². The molecule has 4 heteroatoms. The summed E-state index contributed by atoms with van der Waals surface area (Å²) in [7, 11) is 0. The Bertz CT molecular complexity index is 339. The van der Waals surface area contributed by atoms with Gasteiger partial charge in [-0.15, -0.1) is 0 Å². The molecular formula is C16H28N2OS. The Morgan fingerprint density at radius 3 is 2.40 bits per heavy atom. The zero-order valence-corrected chi connectivity index (χ0v) is 13.2. The van der Waals surface area contributed by atoms with Gasteiger partial charge in [0.05, 0.1) is 5.60 Å². The second-order valence-electron chi connectivity index (χ2n) is 7.35. The molecule has 4 aliphatic rings. The maximum absolute atomic E-state index is 6.27. The van der Waals surface area contributed by atoms with E-state index in [-0.39, 0.29) is 5.60 Å². The van der Waals surface area contributed by atoms with Gasteiger partial charge in [0.15, 0.2) is 0 Å². The van der Waals surface area contributed by atoms with Crippen molar-refractivity contribution in [2.45, 2.75) is 81.1 Å². The summed E-state index contributed by atoms with van der Waals surface area (Å²) >= 11 is 2.10. The van der Waals surface area contributed by atoms with Crippen LogP contribution in [0.25, 0.3) is 0 Å². The van der Waals surface area contributed by atoms with E-state index in [1.165, 1.54) is 62.9 Å². The average molecular weight is 296 g/mol. The largest absolute Gasteiger partial charge is 0.375 e. The van der Waals surface area contributed by atoms with Gasteiger partial charge in [0, 0.05) is 30.8 Å². The average Bonchev–Trinajstić information content (AvgIpc) is 2.72. The van der Waals surface area contributed by atoms with Crippen molar-refractivity contribution < 1.29 is 4.74 Å². The molecule has 4 saturated heterocycles. The normalized spacial score (nSPS) is 44.9. The fourth-order valence-electron chi connectivity index (χ4n) is 5.20. The second kappa shape index (κ2) is 5.45. The molecule has 0 aromatic rings. The zero-order chi connectivity index (χ0) is 13.6. The first-order valence-corrected chi connectivity index (χ1v) is 9.66. The number of hydrogen-bond donors (Lipinski definition) is 1. The van der Waals surface area contributed by atoms with Gasteiger partial charge in [-0.2, -0.15) is 11.8 Å². The van der Waals surface area contributed by atoms with Crippen molar-refractivity contribution in [3.8, 4) is 0 Å². The third-order valence-electron chi connectivity index (χ3n) is 6.12. The maximum Gasteiger partial charge on any atom is 0.0713 e. The quantitative estimate of drug-likeness (QED) is 0.806. The van der Waals surface area contributed by atoms with Crippen LogP contribution in [0.3, 0.4) is 0 Å². The van der Waals surface area contributed by atoms with Crippen LogP contribution in [-0.4, -0.2) is 52.8 Å². The van der Waals surface area contributed by atoms with E-state index in [4.69, 9.17) is 10.5 Å². The standard InChI is InChI=1S/C16H28N2OS/c17-12-9-13-1-2-14(10-12)18(13)15-3-6-19-16(11-15)4-7-20-8-5-16/h12-15H,1-11,17H2. The van der Waals surface area contributed by atoms with E-state index < -0.39 is 0 Å². The molecule has 0 radical (unpaired) electrons.